The summed E-state index contributed by atoms with van der Waals surface area (Å²) < 4.78 is 49.1. The number of amides is 1. The van der Waals surface area contributed by atoms with Crippen LogP contribution in [0, 0.1) is 25.2 Å². The van der Waals surface area contributed by atoms with Crippen molar-refractivity contribution < 1.29 is 37.3 Å². The molecule has 3 atom stereocenters. The van der Waals surface area contributed by atoms with Gasteiger partial charge in [0, 0.05) is 24.5 Å². The highest BCUT2D eigenvalue weighted by molar-refractivity contribution is 7.91. The number of nitriles is 1. The Morgan fingerprint density at radius 2 is 1.66 bits per heavy atom. The minimum atomic E-state index is -4.35. The van der Waals surface area contributed by atoms with Crippen LogP contribution in [0.3, 0.4) is 0 Å². The fourth-order valence-electron chi connectivity index (χ4n) is 7.67. The van der Waals surface area contributed by atoms with E-state index in [0.717, 1.165) is 43.5 Å². The lowest BCUT2D eigenvalue weighted by Crippen LogP contribution is -2.55. The molecular formula is C48H44ClN5O8S2. The molecule has 64 heavy (non-hydrogen) atoms. The van der Waals surface area contributed by atoms with E-state index in [4.69, 9.17) is 31.1 Å². The molecule has 16 heteroatoms. The number of carbonyl (C=O) groups is 2. The number of aromatic nitrogens is 1. The average molecular weight is 918 g/mol. The van der Waals surface area contributed by atoms with Crippen LogP contribution in [0.1, 0.15) is 57.7 Å². The summed E-state index contributed by atoms with van der Waals surface area (Å²) in [5.74, 6) is -0.484. The molecule has 0 spiro atoms. The van der Waals surface area contributed by atoms with Crippen molar-refractivity contribution in [2.45, 2.75) is 69.2 Å². The third-order valence-corrected chi connectivity index (χ3v) is 15.2. The fraction of sp³-hybridized carbons (Fsp3) is 0.250. The smallest absolute Gasteiger partial charge is 0.326 e. The number of aryl methyl sites for hydroxylation is 2. The molecule has 2 aliphatic heterocycles. The molecule has 0 radical (unpaired) electrons. The van der Waals surface area contributed by atoms with E-state index >= 15 is 0 Å². The predicted molar refractivity (Wildman–Crippen MR) is 243 cm³/mol. The van der Waals surface area contributed by atoms with E-state index in [1.165, 1.54) is 0 Å². The van der Waals surface area contributed by atoms with E-state index in [2.05, 4.69) is 21.7 Å². The molecule has 1 aromatic heterocycles. The topological polar surface area (TPSA) is 180 Å². The Morgan fingerprint density at radius 1 is 0.969 bits per heavy atom. The van der Waals surface area contributed by atoms with Crippen molar-refractivity contribution in [3.63, 3.8) is 0 Å². The van der Waals surface area contributed by atoms with Gasteiger partial charge in [0.2, 0.25) is 5.91 Å². The van der Waals surface area contributed by atoms with E-state index in [9.17, 15) is 23.1 Å². The molecule has 2 aliphatic rings. The number of fused-ring (bicyclic) bond motifs is 2. The van der Waals surface area contributed by atoms with E-state index in [1.54, 1.807) is 43.3 Å². The first-order valence-electron chi connectivity index (χ1n) is 20.6. The number of hydrogen-bond donors (Lipinski definition) is 3. The Hall–Kier alpha value is -6.44. The third kappa shape index (κ3) is 9.56. The van der Waals surface area contributed by atoms with Crippen LogP contribution in [0.15, 0.2) is 107 Å². The molecule has 3 heterocycles. The molecule has 328 valence electrons. The van der Waals surface area contributed by atoms with Crippen molar-refractivity contribution in [2.75, 3.05) is 18.5 Å². The van der Waals surface area contributed by atoms with Gasteiger partial charge < -0.3 is 30.0 Å². The summed E-state index contributed by atoms with van der Waals surface area (Å²) >= 11 is 7.26. The maximum absolute atomic E-state index is 14.6. The predicted octanol–water partition coefficient (Wildman–Crippen LogP) is 8.40. The molecule has 3 unspecified atom stereocenters. The first-order valence-corrected chi connectivity index (χ1v) is 23.2. The number of benzene rings is 5. The second-order valence-electron chi connectivity index (χ2n) is 15.6. The number of anilines is 1. The molecule has 0 fully saturated rings. The van der Waals surface area contributed by atoms with Gasteiger partial charge in [-0.15, -0.1) is 0 Å². The van der Waals surface area contributed by atoms with Crippen LogP contribution >= 0.6 is 22.9 Å². The summed E-state index contributed by atoms with van der Waals surface area (Å²) in [6.45, 7) is 6.31. The molecule has 6 aromatic rings. The molecule has 3 N–H and O–H groups in total. The average Bonchev–Trinajstić information content (AvgIpc) is 3.68. The molecule has 0 saturated carbocycles. The number of carbonyl (C=O) groups excluding carboxylic acids is 1. The monoisotopic (exact) mass is 917 g/mol. The van der Waals surface area contributed by atoms with Gasteiger partial charge in [0.25, 0.3) is 10.0 Å². The Labute approximate surface area is 380 Å². The van der Waals surface area contributed by atoms with Crippen LogP contribution < -0.4 is 24.8 Å². The van der Waals surface area contributed by atoms with E-state index in [1.807, 2.05) is 80.6 Å². The number of hydrogen-bond acceptors (Lipinski definition) is 11. The summed E-state index contributed by atoms with van der Waals surface area (Å²) in [6, 6.07) is 30.6. The van der Waals surface area contributed by atoms with E-state index in [0.29, 0.717) is 62.8 Å². The van der Waals surface area contributed by atoms with Crippen LogP contribution in [0.4, 0.5) is 5.13 Å². The molecule has 0 aliphatic carbocycles. The highest BCUT2D eigenvalue weighted by Gasteiger charge is 2.43. The first kappa shape index (κ1) is 44.2. The van der Waals surface area contributed by atoms with Crippen molar-refractivity contribution >= 4 is 50.0 Å². The number of nitrogens with one attached hydrogen (secondary N) is 2. The maximum Gasteiger partial charge on any atom is 0.326 e. The summed E-state index contributed by atoms with van der Waals surface area (Å²) in [5.41, 5.74) is 7.30. The quantitative estimate of drug-likeness (QED) is 0.0955. The Balaban J connectivity index is 1.02. The number of halogens is 1. The van der Waals surface area contributed by atoms with Crippen LogP contribution in [0.25, 0.3) is 11.1 Å². The van der Waals surface area contributed by atoms with Crippen molar-refractivity contribution in [3.05, 3.63) is 153 Å². The Morgan fingerprint density at radius 3 is 2.33 bits per heavy atom. The van der Waals surface area contributed by atoms with Crippen molar-refractivity contribution in [1.29, 1.82) is 5.26 Å². The zero-order chi connectivity index (χ0) is 45.1. The van der Waals surface area contributed by atoms with Gasteiger partial charge in [0.1, 0.15) is 31.0 Å². The summed E-state index contributed by atoms with van der Waals surface area (Å²) in [5, 5.41) is 26.3. The van der Waals surface area contributed by atoms with Gasteiger partial charge in [0.05, 0.1) is 17.3 Å². The zero-order valence-corrected chi connectivity index (χ0v) is 37.5. The number of sulfonamides is 1. The SMILES string of the molecule is CCNc1nc(C)c(S(=O)(=O)N2Cc3cc4c(cc3CC2C(=O)NC(Cc2ccc(-c3ccc(C#N)cc3)cc2)C(=O)O)OCC(c2ccc(OCc3ccc(C)c(Cl)c3)cc2)O4)s1. The number of thiazole rings is 1. The van der Waals surface area contributed by atoms with Crippen LogP contribution in [0.5, 0.6) is 17.2 Å². The van der Waals surface area contributed by atoms with E-state index in [-0.39, 0.29) is 35.9 Å². The third-order valence-electron chi connectivity index (χ3n) is 11.2. The largest absolute Gasteiger partial charge is 0.489 e. The second kappa shape index (κ2) is 18.7. The maximum atomic E-state index is 14.6. The standard InChI is InChI=1S/C48H44ClN5O8S2/c1-4-51-48-52-29(3)47(63-48)64(58,59)54-25-37-23-43-42(61-27-44(62-43)35-15-17-38(18-16-35)60-26-32-6-5-28(2)39(49)19-32)22-36(37)21-41(54)45(55)53-40(46(56)57)20-30-7-11-33(12-8-30)34-13-9-31(24-50)10-14-34/h5-19,22-23,40-41,44H,4,20-21,25-27H2,1-3H3,(H,51,52)(H,53,55)(H,56,57). The molecule has 0 bridgehead atoms. The lowest BCUT2D eigenvalue weighted by atomic mass is 9.94. The van der Waals surface area contributed by atoms with Crippen LogP contribution in [-0.4, -0.2) is 59.9 Å². The highest BCUT2D eigenvalue weighted by Crippen LogP contribution is 2.42. The first-order chi connectivity index (χ1) is 30.8. The van der Waals surface area contributed by atoms with Crippen LogP contribution in [-0.2, 0) is 45.6 Å². The van der Waals surface area contributed by atoms with Gasteiger partial charge in [-0.3, -0.25) is 4.79 Å². The van der Waals surface area contributed by atoms with Gasteiger partial charge in [-0.25, -0.2) is 18.2 Å². The molecule has 5 aromatic carbocycles. The number of carboxylic acid groups (broad SMARTS) is 1. The lowest BCUT2D eigenvalue weighted by molar-refractivity contribution is -0.142. The van der Waals surface area contributed by atoms with Gasteiger partial charge in [-0.1, -0.05) is 83.6 Å². The summed E-state index contributed by atoms with van der Waals surface area (Å²) in [4.78, 5) is 31.4. The minimum absolute atomic E-state index is 0.0189. The Bertz CT molecular complexity index is 2860. The van der Waals surface area contributed by atoms with Gasteiger partial charge in [-0.2, -0.15) is 9.57 Å². The highest BCUT2D eigenvalue weighted by atomic mass is 35.5. The Kier molecular flexibility index (Phi) is 12.9. The van der Waals surface area contributed by atoms with Crippen molar-refractivity contribution in [3.8, 4) is 34.4 Å². The van der Waals surface area contributed by atoms with E-state index < -0.39 is 40.1 Å². The van der Waals surface area contributed by atoms with Crippen LogP contribution in [0.2, 0.25) is 5.02 Å². The zero-order valence-electron chi connectivity index (χ0n) is 35.1. The van der Waals surface area contributed by atoms with Gasteiger partial charge in [0.15, 0.2) is 26.9 Å². The van der Waals surface area contributed by atoms with Gasteiger partial charge >= 0.3 is 5.97 Å². The number of carboxylic acids is 1. The normalized spacial score (nSPS) is 16.2. The fourth-order valence-corrected chi connectivity index (χ4v) is 11.0. The van der Waals surface area contributed by atoms with Gasteiger partial charge in [-0.05, 0) is 114 Å². The number of aliphatic carboxylic acids is 1. The van der Waals surface area contributed by atoms with Crippen molar-refractivity contribution in [1.82, 2.24) is 14.6 Å². The summed E-state index contributed by atoms with van der Waals surface area (Å²) in [6.07, 6.45) is -0.578. The molecule has 0 saturated heterocycles. The molecule has 1 amide bonds. The lowest BCUT2D eigenvalue weighted by Gasteiger charge is -2.36. The minimum Gasteiger partial charge on any atom is -0.489 e. The second-order valence-corrected chi connectivity index (χ2v) is 19.1. The molecule has 13 nitrogen and oxygen atoms in total. The number of rotatable bonds is 14. The number of ether oxygens (including phenoxy) is 3. The molecular weight excluding hydrogens is 874 g/mol. The molecule has 8 rings (SSSR count). The summed E-state index contributed by atoms with van der Waals surface area (Å²) in [7, 11) is -4.35. The van der Waals surface area contributed by atoms with Crippen molar-refractivity contribution in [2.24, 2.45) is 0 Å². The number of nitrogens with zero attached hydrogens (tertiary/aromatic N) is 3.